The zero-order chi connectivity index (χ0) is 14.7. The highest BCUT2D eigenvalue weighted by Crippen LogP contribution is 2.32. The number of hydrogen-bond acceptors (Lipinski definition) is 3. The molecule has 2 aliphatic rings. The Morgan fingerprint density at radius 3 is 2.29 bits per heavy atom. The third-order valence-corrected chi connectivity index (χ3v) is 5.28. The zero-order valence-electron chi connectivity index (χ0n) is 13.0. The minimum atomic E-state index is -0.101. The number of likely N-dealkylation sites (tertiary alicyclic amines) is 1. The van der Waals surface area contributed by atoms with Gasteiger partial charge in [0.25, 0.3) is 0 Å². The van der Waals surface area contributed by atoms with Gasteiger partial charge in [-0.1, -0.05) is 25.0 Å². The Hall–Kier alpha value is -1.06. The average Bonchev–Trinajstić information content (AvgIpc) is 2.56. The van der Waals surface area contributed by atoms with E-state index in [4.69, 9.17) is 4.74 Å². The smallest absolute Gasteiger partial charge is 0.118 e. The molecule has 116 valence electrons. The monoisotopic (exact) mass is 289 g/mol. The van der Waals surface area contributed by atoms with Gasteiger partial charge in [0.05, 0.1) is 13.2 Å². The van der Waals surface area contributed by atoms with E-state index in [1.807, 2.05) is 0 Å². The molecule has 0 spiro atoms. The maximum absolute atomic E-state index is 10.2. The van der Waals surface area contributed by atoms with Crippen molar-refractivity contribution in [2.45, 2.75) is 56.6 Å². The van der Waals surface area contributed by atoms with Gasteiger partial charge in [-0.3, -0.25) is 4.90 Å². The van der Waals surface area contributed by atoms with Crippen molar-refractivity contribution < 1.29 is 9.84 Å². The third kappa shape index (κ3) is 3.41. The molecule has 1 heterocycles. The Morgan fingerprint density at radius 2 is 1.67 bits per heavy atom. The highest BCUT2D eigenvalue weighted by atomic mass is 16.5. The molecule has 2 atom stereocenters. The molecule has 1 aliphatic carbocycles. The Bertz CT molecular complexity index is 437. The van der Waals surface area contributed by atoms with Crippen LogP contribution in [0.3, 0.4) is 0 Å². The van der Waals surface area contributed by atoms with E-state index in [9.17, 15) is 5.11 Å². The average molecular weight is 289 g/mol. The van der Waals surface area contributed by atoms with Gasteiger partial charge in [-0.25, -0.2) is 0 Å². The van der Waals surface area contributed by atoms with E-state index in [2.05, 4.69) is 29.2 Å². The van der Waals surface area contributed by atoms with Crippen LogP contribution in [0.1, 0.15) is 50.0 Å². The summed E-state index contributed by atoms with van der Waals surface area (Å²) in [5.41, 5.74) is 1.43. The Labute approximate surface area is 127 Å². The number of rotatable bonds is 3. The molecule has 0 amide bonds. The largest absolute Gasteiger partial charge is 0.497 e. The molecule has 0 unspecified atom stereocenters. The second-order valence-electron chi connectivity index (χ2n) is 6.50. The molecule has 1 saturated carbocycles. The summed E-state index contributed by atoms with van der Waals surface area (Å²) >= 11 is 0. The highest BCUT2D eigenvalue weighted by molar-refractivity contribution is 5.29. The number of hydrogen-bond donors (Lipinski definition) is 1. The second-order valence-corrected chi connectivity index (χ2v) is 6.50. The molecule has 2 fully saturated rings. The van der Waals surface area contributed by atoms with Crippen molar-refractivity contribution in [3.63, 3.8) is 0 Å². The first kappa shape index (κ1) is 14.9. The van der Waals surface area contributed by atoms with Gasteiger partial charge in [-0.05, 0) is 62.4 Å². The van der Waals surface area contributed by atoms with Gasteiger partial charge in [-0.15, -0.1) is 0 Å². The molecule has 3 heteroatoms. The summed E-state index contributed by atoms with van der Waals surface area (Å²) in [5, 5.41) is 10.2. The van der Waals surface area contributed by atoms with Crippen molar-refractivity contribution in [1.82, 2.24) is 4.90 Å². The van der Waals surface area contributed by atoms with Gasteiger partial charge in [0.2, 0.25) is 0 Å². The summed E-state index contributed by atoms with van der Waals surface area (Å²) in [6.45, 7) is 2.25. The Balaban J connectivity index is 1.56. The molecule has 3 rings (SSSR count). The fourth-order valence-corrected chi connectivity index (χ4v) is 3.96. The van der Waals surface area contributed by atoms with Crippen LogP contribution in [-0.4, -0.2) is 42.4 Å². The fraction of sp³-hybridized carbons (Fsp3) is 0.667. The Morgan fingerprint density at radius 1 is 1.00 bits per heavy atom. The van der Waals surface area contributed by atoms with Crippen molar-refractivity contribution in [1.29, 1.82) is 0 Å². The molecule has 0 radical (unpaired) electrons. The molecular formula is C18H27NO2. The van der Waals surface area contributed by atoms with E-state index >= 15 is 0 Å². The van der Waals surface area contributed by atoms with Gasteiger partial charge >= 0.3 is 0 Å². The lowest BCUT2D eigenvalue weighted by Gasteiger charge is -2.41. The fourth-order valence-electron chi connectivity index (χ4n) is 3.96. The number of aliphatic hydroxyl groups excluding tert-OH is 1. The third-order valence-electron chi connectivity index (χ3n) is 5.28. The van der Waals surface area contributed by atoms with Crippen LogP contribution in [0, 0.1) is 0 Å². The van der Waals surface area contributed by atoms with E-state index in [-0.39, 0.29) is 6.10 Å². The van der Waals surface area contributed by atoms with Crippen LogP contribution in [-0.2, 0) is 0 Å². The molecule has 0 bridgehead atoms. The molecule has 1 aliphatic heterocycles. The van der Waals surface area contributed by atoms with Crippen molar-refractivity contribution in [2.24, 2.45) is 0 Å². The molecule has 0 aromatic heterocycles. The van der Waals surface area contributed by atoms with Gasteiger partial charge in [-0.2, -0.15) is 0 Å². The second kappa shape index (κ2) is 6.80. The Kier molecular flexibility index (Phi) is 4.81. The van der Waals surface area contributed by atoms with Crippen molar-refractivity contribution in [3.8, 4) is 5.75 Å². The first-order valence-electron chi connectivity index (χ1n) is 8.34. The standard InChI is InChI=1S/C18H27NO2/c1-21-16-8-6-14(7-9-16)15-10-12-19(13-11-15)17-4-2-3-5-18(17)20/h6-9,15,17-18,20H,2-5,10-13H2,1H3/t17-,18-/m1/s1. The predicted octanol–water partition coefficient (Wildman–Crippen LogP) is 3.18. The molecule has 3 nitrogen and oxygen atoms in total. The molecule has 1 aromatic rings. The van der Waals surface area contributed by atoms with Crippen molar-refractivity contribution in [3.05, 3.63) is 29.8 Å². The van der Waals surface area contributed by atoms with Crippen LogP contribution >= 0.6 is 0 Å². The minimum absolute atomic E-state index is 0.101. The quantitative estimate of drug-likeness (QED) is 0.927. The van der Waals surface area contributed by atoms with Crippen LogP contribution in [0.4, 0.5) is 0 Å². The molecule has 1 N–H and O–H groups in total. The molecular weight excluding hydrogens is 262 g/mol. The zero-order valence-corrected chi connectivity index (χ0v) is 13.0. The van der Waals surface area contributed by atoms with E-state index in [0.717, 1.165) is 25.3 Å². The minimum Gasteiger partial charge on any atom is -0.497 e. The van der Waals surface area contributed by atoms with Crippen LogP contribution in [0.5, 0.6) is 5.75 Å². The maximum atomic E-state index is 10.2. The SMILES string of the molecule is COc1ccc(C2CCN([C@@H]3CCCC[C@H]3O)CC2)cc1. The summed E-state index contributed by atoms with van der Waals surface area (Å²) < 4.78 is 5.23. The summed E-state index contributed by atoms with van der Waals surface area (Å²) in [5.74, 6) is 1.59. The van der Waals surface area contributed by atoms with Crippen molar-refractivity contribution >= 4 is 0 Å². The predicted molar refractivity (Wildman–Crippen MR) is 84.8 cm³/mol. The maximum Gasteiger partial charge on any atom is 0.118 e. The molecule has 1 aromatic carbocycles. The lowest BCUT2D eigenvalue weighted by molar-refractivity contribution is 0.00870. The summed E-state index contributed by atoms with van der Waals surface area (Å²) in [4.78, 5) is 2.53. The van der Waals surface area contributed by atoms with Gasteiger partial charge in [0, 0.05) is 6.04 Å². The number of benzene rings is 1. The van der Waals surface area contributed by atoms with Crippen LogP contribution in [0.25, 0.3) is 0 Å². The lowest BCUT2D eigenvalue weighted by atomic mass is 9.86. The van der Waals surface area contributed by atoms with Crippen LogP contribution in [0.15, 0.2) is 24.3 Å². The van der Waals surface area contributed by atoms with Crippen molar-refractivity contribution in [2.75, 3.05) is 20.2 Å². The van der Waals surface area contributed by atoms with Crippen LogP contribution in [0.2, 0.25) is 0 Å². The number of nitrogens with zero attached hydrogens (tertiary/aromatic N) is 1. The number of piperidine rings is 1. The first-order chi connectivity index (χ1) is 10.3. The first-order valence-corrected chi connectivity index (χ1v) is 8.34. The summed E-state index contributed by atoms with van der Waals surface area (Å²) in [6.07, 6.45) is 6.94. The number of ether oxygens (including phenoxy) is 1. The van der Waals surface area contributed by atoms with Crippen LogP contribution < -0.4 is 4.74 Å². The lowest BCUT2D eigenvalue weighted by Crippen LogP contribution is -2.48. The van der Waals surface area contributed by atoms with Gasteiger partial charge in [0.1, 0.15) is 5.75 Å². The molecule has 1 saturated heterocycles. The van der Waals surface area contributed by atoms with E-state index in [0.29, 0.717) is 12.0 Å². The summed E-state index contributed by atoms with van der Waals surface area (Å²) in [7, 11) is 1.71. The molecule has 21 heavy (non-hydrogen) atoms. The van der Waals surface area contributed by atoms with Gasteiger partial charge in [0.15, 0.2) is 0 Å². The normalized spacial score (nSPS) is 28.5. The summed E-state index contributed by atoms with van der Waals surface area (Å²) in [6, 6.07) is 8.94. The number of aliphatic hydroxyl groups is 1. The number of methoxy groups -OCH3 is 1. The highest BCUT2D eigenvalue weighted by Gasteiger charge is 2.31. The van der Waals surface area contributed by atoms with E-state index in [1.54, 1.807) is 7.11 Å². The van der Waals surface area contributed by atoms with E-state index < -0.39 is 0 Å². The van der Waals surface area contributed by atoms with E-state index in [1.165, 1.54) is 37.7 Å². The topological polar surface area (TPSA) is 32.7 Å². The van der Waals surface area contributed by atoms with Gasteiger partial charge < -0.3 is 9.84 Å².